The van der Waals surface area contributed by atoms with Crippen LogP contribution in [-0.2, 0) is 35.5 Å². The molecule has 0 spiro atoms. The minimum Gasteiger partial charge on any atom is -0.481 e. The molecule has 2 heterocycles. The number of benzene rings is 1. The van der Waals surface area contributed by atoms with Gasteiger partial charge < -0.3 is 10.0 Å². The molecular formula is C17H19N3O3. The van der Waals surface area contributed by atoms with Crippen molar-refractivity contribution >= 4 is 11.9 Å². The van der Waals surface area contributed by atoms with Gasteiger partial charge in [0.1, 0.15) is 0 Å². The summed E-state index contributed by atoms with van der Waals surface area (Å²) in [5, 5.41) is 13.2. The minimum absolute atomic E-state index is 0.0765. The summed E-state index contributed by atoms with van der Waals surface area (Å²) in [5.74, 6) is -0.716. The van der Waals surface area contributed by atoms with Gasteiger partial charge in [-0.05, 0) is 11.6 Å². The lowest BCUT2D eigenvalue weighted by atomic mass is 10.1. The average molecular weight is 313 g/mol. The zero-order chi connectivity index (χ0) is 16.2. The van der Waals surface area contributed by atoms with Crippen molar-refractivity contribution in [2.24, 2.45) is 0 Å². The fraction of sp³-hybridized carbons (Fsp3) is 0.353. The third-order valence-corrected chi connectivity index (χ3v) is 3.99. The zero-order valence-electron chi connectivity index (χ0n) is 12.8. The first kappa shape index (κ1) is 15.3. The number of hydrogen-bond acceptors (Lipinski definition) is 3. The van der Waals surface area contributed by atoms with E-state index in [0.29, 0.717) is 32.5 Å². The van der Waals surface area contributed by atoms with Gasteiger partial charge >= 0.3 is 5.97 Å². The standard InChI is InChI=1S/C17H19N3O3/c21-16(10-13-4-2-1-3-5-13)19-8-9-20-15(12-19)11-14(18-20)6-7-17(22)23/h1-5,11H,6-10,12H2,(H,22,23). The van der Waals surface area contributed by atoms with Gasteiger partial charge in [-0.2, -0.15) is 5.10 Å². The van der Waals surface area contributed by atoms with E-state index in [0.717, 1.165) is 17.0 Å². The minimum atomic E-state index is -0.823. The molecule has 0 radical (unpaired) electrons. The summed E-state index contributed by atoms with van der Waals surface area (Å²) in [6, 6.07) is 11.6. The van der Waals surface area contributed by atoms with Crippen LogP contribution in [0.2, 0.25) is 0 Å². The van der Waals surface area contributed by atoms with Crippen LogP contribution in [0.4, 0.5) is 0 Å². The topological polar surface area (TPSA) is 75.4 Å². The quantitative estimate of drug-likeness (QED) is 0.907. The molecule has 1 aliphatic heterocycles. The molecule has 0 unspecified atom stereocenters. The molecular weight excluding hydrogens is 294 g/mol. The summed E-state index contributed by atoms with van der Waals surface area (Å²) < 4.78 is 1.88. The van der Waals surface area contributed by atoms with E-state index in [2.05, 4.69) is 5.10 Å². The SMILES string of the molecule is O=C(O)CCc1cc2n(n1)CCN(C(=O)Cc1ccccc1)C2. The van der Waals surface area contributed by atoms with E-state index in [4.69, 9.17) is 5.11 Å². The summed E-state index contributed by atoms with van der Waals surface area (Å²) in [6.45, 7) is 1.83. The Labute approximate surface area is 134 Å². The lowest BCUT2D eigenvalue weighted by Gasteiger charge is -2.27. The Hall–Kier alpha value is -2.63. The summed E-state index contributed by atoms with van der Waals surface area (Å²) in [6.07, 6.45) is 0.904. The van der Waals surface area contributed by atoms with Crippen molar-refractivity contribution in [1.82, 2.24) is 14.7 Å². The maximum atomic E-state index is 12.4. The second-order valence-corrected chi connectivity index (χ2v) is 5.72. The summed E-state index contributed by atoms with van der Waals surface area (Å²) in [4.78, 5) is 24.9. The number of aryl methyl sites for hydroxylation is 1. The molecule has 120 valence electrons. The Morgan fingerprint density at radius 1 is 1.17 bits per heavy atom. The van der Waals surface area contributed by atoms with Crippen LogP contribution in [0.5, 0.6) is 0 Å². The van der Waals surface area contributed by atoms with E-state index in [1.165, 1.54) is 0 Å². The van der Waals surface area contributed by atoms with Gasteiger partial charge in [0.15, 0.2) is 0 Å². The van der Waals surface area contributed by atoms with E-state index in [9.17, 15) is 9.59 Å². The lowest BCUT2D eigenvalue weighted by molar-refractivity contribution is -0.137. The molecule has 1 aromatic carbocycles. The number of aromatic nitrogens is 2. The van der Waals surface area contributed by atoms with Gasteiger partial charge in [0.2, 0.25) is 5.91 Å². The fourth-order valence-electron chi connectivity index (χ4n) is 2.78. The highest BCUT2D eigenvalue weighted by atomic mass is 16.4. The van der Waals surface area contributed by atoms with Crippen LogP contribution < -0.4 is 0 Å². The van der Waals surface area contributed by atoms with Crippen LogP contribution >= 0.6 is 0 Å². The number of hydrogen-bond donors (Lipinski definition) is 1. The van der Waals surface area contributed by atoms with Crippen LogP contribution in [0.25, 0.3) is 0 Å². The first-order valence-electron chi connectivity index (χ1n) is 7.71. The van der Waals surface area contributed by atoms with Crippen molar-refractivity contribution in [2.75, 3.05) is 6.54 Å². The second kappa shape index (κ2) is 6.64. The van der Waals surface area contributed by atoms with E-state index in [-0.39, 0.29) is 12.3 Å². The molecule has 23 heavy (non-hydrogen) atoms. The third kappa shape index (κ3) is 3.77. The van der Waals surface area contributed by atoms with Crippen LogP contribution in [0.1, 0.15) is 23.4 Å². The van der Waals surface area contributed by atoms with Crippen molar-refractivity contribution in [3.05, 3.63) is 53.3 Å². The van der Waals surface area contributed by atoms with Crippen LogP contribution in [0, 0.1) is 0 Å². The number of aliphatic carboxylic acids is 1. The number of carboxylic acids is 1. The highest BCUT2D eigenvalue weighted by Crippen LogP contribution is 2.16. The van der Waals surface area contributed by atoms with E-state index in [1.807, 2.05) is 46.0 Å². The third-order valence-electron chi connectivity index (χ3n) is 3.99. The molecule has 6 nitrogen and oxygen atoms in total. The number of rotatable bonds is 5. The number of carboxylic acid groups (broad SMARTS) is 1. The molecule has 0 atom stereocenters. The maximum absolute atomic E-state index is 12.4. The summed E-state index contributed by atoms with van der Waals surface area (Å²) in [5.41, 5.74) is 2.76. The molecule has 1 N–H and O–H groups in total. The second-order valence-electron chi connectivity index (χ2n) is 5.72. The molecule has 1 aliphatic rings. The Morgan fingerprint density at radius 2 is 1.96 bits per heavy atom. The highest BCUT2D eigenvalue weighted by molar-refractivity contribution is 5.78. The molecule has 3 rings (SSSR count). The van der Waals surface area contributed by atoms with Gasteiger partial charge in [0.25, 0.3) is 0 Å². The molecule has 2 aromatic rings. The van der Waals surface area contributed by atoms with Gasteiger partial charge in [-0.15, -0.1) is 0 Å². The van der Waals surface area contributed by atoms with E-state index in [1.54, 1.807) is 0 Å². The predicted octanol–water partition coefficient (Wildman–Crippen LogP) is 1.49. The highest BCUT2D eigenvalue weighted by Gasteiger charge is 2.22. The van der Waals surface area contributed by atoms with Crippen molar-refractivity contribution in [2.45, 2.75) is 32.4 Å². The molecule has 1 amide bonds. The smallest absolute Gasteiger partial charge is 0.303 e. The Balaban J connectivity index is 1.63. The molecule has 0 saturated carbocycles. The number of carbonyl (C=O) groups is 2. The monoisotopic (exact) mass is 313 g/mol. The lowest BCUT2D eigenvalue weighted by Crippen LogP contribution is -2.39. The molecule has 1 aromatic heterocycles. The van der Waals surface area contributed by atoms with Crippen LogP contribution in [-0.4, -0.2) is 38.2 Å². The van der Waals surface area contributed by atoms with Crippen molar-refractivity contribution in [1.29, 1.82) is 0 Å². The van der Waals surface area contributed by atoms with Gasteiger partial charge in [-0.25, -0.2) is 0 Å². The largest absolute Gasteiger partial charge is 0.481 e. The Kier molecular flexibility index (Phi) is 4.41. The van der Waals surface area contributed by atoms with Gasteiger partial charge in [-0.3, -0.25) is 14.3 Å². The van der Waals surface area contributed by atoms with Gasteiger partial charge in [0.05, 0.1) is 37.3 Å². The van der Waals surface area contributed by atoms with Crippen LogP contribution in [0.3, 0.4) is 0 Å². The van der Waals surface area contributed by atoms with Gasteiger partial charge in [-0.1, -0.05) is 30.3 Å². The Bertz CT molecular complexity index is 709. The number of carbonyl (C=O) groups excluding carboxylic acids is 1. The fourth-order valence-corrected chi connectivity index (χ4v) is 2.78. The Morgan fingerprint density at radius 3 is 2.70 bits per heavy atom. The van der Waals surface area contributed by atoms with Gasteiger partial charge in [0, 0.05) is 13.0 Å². The van der Waals surface area contributed by atoms with Crippen LogP contribution in [0.15, 0.2) is 36.4 Å². The average Bonchev–Trinajstić information content (AvgIpc) is 2.96. The van der Waals surface area contributed by atoms with E-state index < -0.39 is 5.97 Å². The number of nitrogens with zero attached hydrogens (tertiary/aromatic N) is 3. The molecule has 0 fully saturated rings. The zero-order valence-corrected chi connectivity index (χ0v) is 12.8. The predicted molar refractivity (Wildman–Crippen MR) is 83.7 cm³/mol. The van der Waals surface area contributed by atoms with Crippen molar-refractivity contribution in [3.63, 3.8) is 0 Å². The summed E-state index contributed by atoms with van der Waals surface area (Å²) >= 11 is 0. The molecule has 0 saturated heterocycles. The molecule has 6 heteroatoms. The first-order valence-corrected chi connectivity index (χ1v) is 7.71. The van der Waals surface area contributed by atoms with E-state index >= 15 is 0 Å². The maximum Gasteiger partial charge on any atom is 0.303 e. The summed E-state index contributed by atoms with van der Waals surface area (Å²) in [7, 11) is 0. The van der Waals surface area contributed by atoms with Crippen molar-refractivity contribution < 1.29 is 14.7 Å². The normalized spacial score (nSPS) is 13.7. The number of amides is 1. The molecule has 0 bridgehead atoms. The molecule has 0 aliphatic carbocycles. The number of fused-ring (bicyclic) bond motifs is 1. The van der Waals surface area contributed by atoms with Crippen molar-refractivity contribution in [3.8, 4) is 0 Å². The first-order chi connectivity index (χ1) is 11.1.